The molecule has 0 spiro atoms. The summed E-state index contributed by atoms with van der Waals surface area (Å²) in [6, 6.07) is 3.81. The Balaban J connectivity index is 1.41. The van der Waals surface area contributed by atoms with Crippen molar-refractivity contribution in [3.63, 3.8) is 0 Å². The van der Waals surface area contributed by atoms with E-state index in [1.807, 2.05) is 0 Å². The first-order valence-electron chi connectivity index (χ1n) is 9.87. The highest BCUT2D eigenvalue weighted by atomic mass is 35.5. The number of amides is 1. The van der Waals surface area contributed by atoms with Gasteiger partial charge in [-0.1, -0.05) is 18.2 Å². The van der Waals surface area contributed by atoms with Crippen LogP contribution in [-0.2, 0) is 16.0 Å². The summed E-state index contributed by atoms with van der Waals surface area (Å²) in [6.07, 6.45) is -4.54. The molecule has 1 aliphatic heterocycles. The van der Waals surface area contributed by atoms with E-state index in [1.165, 1.54) is 17.0 Å². The largest absolute Gasteiger partial charge is 0.484 e. The first-order chi connectivity index (χ1) is 15.6. The highest BCUT2D eigenvalue weighted by molar-refractivity contribution is 6.30. The van der Waals surface area contributed by atoms with Crippen molar-refractivity contribution in [3.8, 4) is 5.75 Å². The second kappa shape index (κ2) is 10.9. The van der Waals surface area contributed by atoms with Crippen LogP contribution in [0.15, 0.2) is 34.9 Å². The lowest BCUT2D eigenvalue weighted by atomic mass is 10.2. The predicted molar refractivity (Wildman–Crippen MR) is 108 cm³/mol. The molecule has 180 valence electrons. The minimum atomic E-state index is -4.30. The summed E-state index contributed by atoms with van der Waals surface area (Å²) in [7, 11) is 0. The normalized spacial score (nSPS) is 17.1. The van der Waals surface area contributed by atoms with Crippen LogP contribution in [0, 0.1) is 5.82 Å². The van der Waals surface area contributed by atoms with Gasteiger partial charge in [0.2, 0.25) is 11.8 Å². The van der Waals surface area contributed by atoms with Crippen molar-refractivity contribution >= 4 is 17.5 Å². The lowest BCUT2D eigenvalue weighted by Gasteiger charge is -2.31. The molecule has 1 aromatic carbocycles. The number of aromatic nitrogens is 2. The van der Waals surface area contributed by atoms with E-state index in [4.69, 9.17) is 25.5 Å². The van der Waals surface area contributed by atoms with Gasteiger partial charge in [-0.2, -0.15) is 13.2 Å². The molecule has 1 amide bonds. The number of carbonyl (C=O) groups excluding carboxylic acids is 1. The number of rotatable bonds is 9. The zero-order chi connectivity index (χ0) is 24.0. The number of carbonyl (C=O) groups is 1. The second-order valence-electron chi connectivity index (χ2n) is 7.26. The average molecular weight is 493 g/mol. The summed E-state index contributed by atoms with van der Waals surface area (Å²) in [5, 5.41) is 10.2. The molecule has 1 aliphatic rings. The first-order valence-corrected chi connectivity index (χ1v) is 10.3. The van der Waals surface area contributed by atoms with Crippen molar-refractivity contribution in [2.45, 2.75) is 25.1 Å². The maximum atomic E-state index is 13.4. The number of ether oxygens (including phenoxy) is 2. The third kappa shape index (κ3) is 7.98. The number of aryl methyl sites for hydroxylation is 1. The second-order valence-corrected chi connectivity index (χ2v) is 7.67. The highest BCUT2D eigenvalue weighted by Gasteiger charge is 2.35. The molecule has 8 nitrogen and oxygen atoms in total. The van der Waals surface area contributed by atoms with Crippen molar-refractivity contribution in [3.05, 3.63) is 53.1 Å². The third-order valence-corrected chi connectivity index (χ3v) is 4.84. The fourth-order valence-electron chi connectivity index (χ4n) is 3.02. The Morgan fingerprint density at radius 1 is 1.36 bits per heavy atom. The van der Waals surface area contributed by atoms with Gasteiger partial charge in [0.25, 0.3) is 5.91 Å². The number of morpholine rings is 1. The first kappa shape index (κ1) is 24.9. The van der Waals surface area contributed by atoms with Gasteiger partial charge in [-0.05, 0) is 18.6 Å². The number of nitrogens with one attached hydrogen (secondary N) is 1. The molecule has 2 heterocycles. The van der Waals surface area contributed by atoms with Gasteiger partial charge in [-0.25, -0.2) is 4.39 Å². The van der Waals surface area contributed by atoms with Crippen LogP contribution < -0.4 is 10.1 Å². The number of hydrogen-bond donors (Lipinski definition) is 1. The van der Waals surface area contributed by atoms with Gasteiger partial charge in [-0.3, -0.25) is 9.69 Å². The lowest BCUT2D eigenvalue weighted by Crippen LogP contribution is -2.43. The molecule has 1 N–H and O–H groups in total. The monoisotopic (exact) mass is 492 g/mol. The Labute approximate surface area is 191 Å². The zero-order valence-corrected chi connectivity index (χ0v) is 18.1. The summed E-state index contributed by atoms with van der Waals surface area (Å²) in [5.41, 5.74) is 0.357. The van der Waals surface area contributed by atoms with E-state index in [-0.39, 0.29) is 61.7 Å². The summed E-state index contributed by atoms with van der Waals surface area (Å²) in [5.74, 6) is -0.693. The Morgan fingerprint density at radius 3 is 2.88 bits per heavy atom. The number of hydrogen-bond acceptors (Lipinski definition) is 7. The Hall–Kier alpha value is -2.70. The van der Waals surface area contributed by atoms with Crippen LogP contribution in [-0.4, -0.2) is 60.0 Å². The van der Waals surface area contributed by atoms with Gasteiger partial charge in [0, 0.05) is 31.3 Å². The van der Waals surface area contributed by atoms with Gasteiger partial charge in [0.1, 0.15) is 17.7 Å². The standard InChI is InChI=1S/C20H21ClF4N4O4/c1-12(26-17(30)10-32-13-3-4-14(21)15(22)8-13)2-5-18-27-28-19(33-18)16-9-29(6-7-31-16)11-20(23,24)25/h3-4,8,16H,1-2,5-7,9-11H2,(H,26,30)/t16-/m1/s1. The number of benzene rings is 1. The third-order valence-electron chi connectivity index (χ3n) is 4.53. The molecule has 33 heavy (non-hydrogen) atoms. The number of nitrogens with zero attached hydrogens (tertiary/aromatic N) is 3. The SMILES string of the molecule is C=C(CCc1nnc([C@H]2CN(CC(F)(F)F)CCO2)o1)NC(=O)COc1ccc(Cl)c(F)c1. The predicted octanol–water partition coefficient (Wildman–Crippen LogP) is 3.44. The molecule has 0 bridgehead atoms. The molecule has 0 unspecified atom stereocenters. The van der Waals surface area contributed by atoms with Crippen LogP contribution in [0.1, 0.15) is 24.3 Å². The van der Waals surface area contributed by atoms with Crippen molar-refractivity contribution in [1.29, 1.82) is 0 Å². The Kier molecular flexibility index (Phi) is 8.27. The van der Waals surface area contributed by atoms with Gasteiger partial charge in [-0.15, -0.1) is 10.2 Å². The Bertz CT molecular complexity index is 985. The number of alkyl halides is 3. The minimum absolute atomic E-state index is 0.0125. The molecule has 1 saturated heterocycles. The van der Waals surface area contributed by atoms with Crippen LogP contribution in [0.25, 0.3) is 0 Å². The average Bonchev–Trinajstić information content (AvgIpc) is 3.21. The summed E-state index contributed by atoms with van der Waals surface area (Å²) < 4.78 is 67.3. The zero-order valence-electron chi connectivity index (χ0n) is 17.3. The maximum absolute atomic E-state index is 13.4. The lowest BCUT2D eigenvalue weighted by molar-refractivity contribution is -0.161. The van der Waals surface area contributed by atoms with Gasteiger partial charge < -0.3 is 19.2 Å². The van der Waals surface area contributed by atoms with Crippen LogP contribution >= 0.6 is 11.6 Å². The molecule has 0 saturated carbocycles. The molecule has 13 heteroatoms. The summed E-state index contributed by atoms with van der Waals surface area (Å²) >= 11 is 5.58. The van der Waals surface area contributed by atoms with E-state index >= 15 is 0 Å². The van der Waals surface area contributed by atoms with Crippen molar-refractivity contribution < 1.29 is 36.2 Å². The number of halogens is 5. The van der Waals surface area contributed by atoms with Crippen LogP contribution in [0.4, 0.5) is 17.6 Å². The molecule has 1 atom stereocenters. The van der Waals surface area contributed by atoms with E-state index in [2.05, 4.69) is 22.1 Å². The molecule has 0 radical (unpaired) electrons. The molecule has 1 fully saturated rings. The smallest absolute Gasteiger partial charge is 0.401 e. The summed E-state index contributed by atoms with van der Waals surface area (Å²) in [6.45, 7) is 2.60. The van der Waals surface area contributed by atoms with E-state index < -0.39 is 30.5 Å². The van der Waals surface area contributed by atoms with Crippen LogP contribution in [0.5, 0.6) is 5.75 Å². The van der Waals surface area contributed by atoms with Gasteiger partial charge in [0.05, 0.1) is 18.2 Å². The fraction of sp³-hybridized carbons (Fsp3) is 0.450. The van der Waals surface area contributed by atoms with E-state index in [0.717, 1.165) is 6.07 Å². The number of allylic oxidation sites excluding steroid dienone is 1. The van der Waals surface area contributed by atoms with Crippen LogP contribution in [0.3, 0.4) is 0 Å². The molecule has 2 aromatic rings. The Morgan fingerprint density at radius 2 is 2.15 bits per heavy atom. The van der Waals surface area contributed by atoms with Crippen molar-refractivity contribution in [2.24, 2.45) is 0 Å². The molecule has 0 aliphatic carbocycles. The molecular weight excluding hydrogens is 472 g/mol. The van der Waals surface area contributed by atoms with Crippen molar-refractivity contribution in [1.82, 2.24) is 20.4 Å². The van der Waals surface area contributed by atoms with E-state index in [1.54, 1.807) is 0 Å². The highest BCUT2D eigenvalue weighted by Crippen LogP contribution is 2.25. The maximum Gasteiger partial charge on any atom is 0.401 e. The van der Waals surface area contributed by atoms with Crippen molar-refractivity contribution in [2.75, 3.05) is 32.8 Å². The van der Waals surface area contributed by atoms with Gasteiger partial charge in [0.15, 0.2) is 6.61 Å². The molecule has 3 rings (SSSR count). The van der Waals surface area contributed by atoms with E-state index in [0.29, 0.717) is 5.70 Å². The van der Waals surface area contributed by atoms with Crippen LogP contribution in [0.2, 0.25) is 5.02 Å². The topological polar surface area (TPSA) is 89.7 Å². The van der Waals surface area contributed by atoms with E-state index in [9.17, 15) is 22.4 Å². The summed E-state index contributed by atoms with van der Waals surface area (Å²) in [4.78, 5) is 13.2. The molecular formula is C20H21ClF4N4O4. The quantitative estimate of drug-likeness (QED) is 0.536. The molecule has 1 aromatic heterocycles. The van der Waals surface area contributed by atoms with Gasteiger partial charge >= 0.3 is 6.18 Å². The minimum Gasteiger partial charge on any atom is -0.484 e. The fourth-order valence-corrected chi connectivity index (χ4v) is 3.13.